The Morgan fingerprint density at radius 2 is 1.87 bits per heavy atom. The van der Waals surface area contributed by atoms with Gasteiger partial charge in [-0.1, -0.05) is 11.3 Å². The molecule has 5 rings (SSSR count). The fourth-order valence-electron chi connectivity index (χ4n) is 3.57. The number of carbonyl (C=O) groups excluding carboxylic acids is 1. The maximum atomic E-state index is 12.8. The summed E-state index contributed by atoms with van der Waals surface area (Å²) in [6, 6.07) is 9.84. The molecule has 0 saturated heterocycles. The number of hydrogen-bond acceptors (Lipinski definition) is 6. The minimum atomic E-state index is -3.54. The van der Waals surface area contributed by atoms with Gasteiger partial charge in [0.25, 0.3) is 5.91 Å². The van der Waals surface area contributed by atoms with Crippen LogP contribution in [-0.4, -0.2) is 43.1 Å². The Bertz CT molecular complexity index is 1350. The molecule has 3 aromatic rings. The van der Waals surface area contributed by atoms with Crippen LogP contribution in [0, 0.1) is 0 Å². The number of rotatable bonds is 5. The van der Waals surface area contributed by atoms with Crippen molar-refractivity contribution in [3.05, 3.63) is 46.8 Å². The van der Waals surface area contributed by atoms with Crippen molar-refractivity contribution < 1.29 is 22.7 Å². The van der Waals surface area contributed by atoms with Crippen LogP contribution >= 0.6 is 11.3 Å². The van der Waals surface area contributed by atoms with Crippen molar-refractivity contribution in [2.45, 2.75) is 37.2 Å². The first-order valence-electron chi connectivity index (χ1n) is 9.98. The van der Waals surface area contributed by atoms with E-state index in [-0.39, 0.29) is 17.7 Å². The molecule has 1 aromatic heterocycles. The van der Waals surface area contributed by atoms with E-state index in [0.717, 1.165) is 23.1 Å². The molecule has 0 radical (unpaired) electrons. The standard InChI is InChI=1S/C21H21N3O5S2/c1-3-24-16-10-17-18(29-12-28-17)11-19(16)30-21(24)22-20(25)13-4-8-15(9-5-13)31(26,27)23(2)14-6-7-14/h4-5,8-11,14H,3,6-7,12H2,1-2H3. The predicted molar refractivity (Wildman–Crippen MR) is 116 cm³/mol. The van der Waals surface area contributed by atoms with Gasteiger partial charge in [0, 0.05) is 37.3 Å². The summed E-state index contributed by atoms with van der Waals surface area (Å²) in [6.45, 7) is 2.82. The Balaban J connectivity index is 1.47. The van der Waals surface area contributed by atoms with Gasteiger partial charge < -0.3 is 14.0 Å². The molecule has 0 atom stereocenters. The molecule has 0 bridgehead atoms. The van der Waals surface area contributed by atoms with E-state index in [1.165, 1.54) is 39.9 Å². The maximum absolute atomic E-state index is 12.8. The highest BCUT2D eigenvalue weighted by atomic mass is 32.2. The summed E-state index contributed by atoms with van der Waals surface area (Å²) in [7, 11) is -1.95. The number of amides is 1. The van der Waals surface area contributed by atoms with Gasteiger partial charge in [0.15, 0.2) is 16.3 Å². The lowest BCUT2D eigenvalue weighted by atomic mass is 10.2. The zero-order chi connectivity index (χ0) is 21.8. The Hall–Kier alpha value is -2.69. The van der Waals surface area contributed by atoms with Gasteiger partial charge in [-0.3, -0.25) is 4.79 Å². The number of nitrogens with zero attached hydrogens (tertiary/aromatic N) is 3. The van der Waals surface area contributed by atoms with Crippen molar-refractivity contribution in [2.24, 2.45) is 4.99 Å². The molecule has 1 aliphatic heterocycles. The third kappa shape index (κ3) is 3.54. The van der Waals surface area contributed by atoms with Gasteiger partial charge >= 0.3 is 0 Å². The molecule has 10 heteroatoms. The van der Waals surface area contributed by atoms with E-state index in [0.29, 0.717) is 28.4 Å². The van der Waals surface area contributed by atoms with Crippen LogP contribution in [-0.2, 0) is 16.6 Å². The van der Waals surface area contributed by atoms with E-state index < -0.39 is 15.9 Å². The first-order chi connectivity index (χ1) is 14.9. The van der Waals surface area contributed by atoms with Crippen molar-refractivity contribution in [3.8, 4) is 11.5 Å². The van der Waals surface area contributed by atoms with E-state index >= 15 is 0 Å². The number of aryl methyl sites for hydroxylation is 1. The van der Waals surface area contributed by atoms with Gasteiger partial charge in [0.05, 0.1) is 15.1 Å². The highest BCUT2D eigenvalue weighted by Gasteiger charge is 2.35. The quantitative estimate of drug-likeness (QED) is 0.585. The molecule has 1 amide bonds. The van der Waals surface area contributed by atoms with Crippen molar-refractivity contribution in [1.82, 2.24) is 8.87 Å². The molecule has 162 valence electrons. The summed E-state index contributed by atoms with van der Waals surface area (Å²) in [5.74, 6) is 0.939. The third-order valence-corrected chi connectivity index (χ3v) is 8.50. The second-order valence-electron chi connectivity index (χ2n) is 7.50. The number of fused-ring (bicyclic) bond motifs is 2. The minimum Gasteiger partial charge on any atom is -0.454 e. The fourth-order valence-corrected chi connectivity index (χ4v) is 6.09. The first-order valence-corrected chi connectivity index (χ1v) is 12.2. The van der Waals surface area contributed by atoms with Gasteiger partial charge in [0.2, 0.25) is 16.8 Å². The van der Waals surface area contributed by atoms with Crippen LogP contribution < -0.4 is 14.3 Å². The average molecular weight is 460 g/mol. The molecule has 0 N–H and O–H groups in total. The number of ether oxygens (including phenoxy) is 2. The van der Waals surface area contributed by atoms with Crippen LogP contribution in [0.4, 0.5) is 0 Å². The van der Waals surface area contributed by atoms with E-state index in [2.05, 4.69) is 4.99 Å². The summed E-state index contributed by atoms with van der Waals surface area (Å²) >= 11 is 1.40. The molecule has 2 aliphatic rings. The Morgan fingerprint density at radius 3 is 2.52 bits per heavy atom. The molecule has 8 nitrogen and oxygen atoms in total. The predicted octanol–water partition coefficient (Wildman–Crippen LogP) is 2.98. The third-order valence-electron chi connectivity index (χ3n) is 5.53. The van der Waals surface area contributed by atoms with E-state index in [9.17, 15) is 13.2 Å². The minimum absolute atomic E-state index is 0.0796. The van der Waals surface area contributed by atoms with Crippen LogP contribution in [0.3, 0.4) is 0 Å². The molecule has 1 saturated carbocycles. The van der Waals surface area contributed by atoms with E-state index in [1.807, 2.05) is 23.6 Å². The lowest BCUT2D eigenvalue weighted by molar-refractivity contribution is 0.0997. The van der Waals surface area contributed by atoms with Crippen molar-refractivity contribution in [3.63, 3.8) is 0 Å². The van der Waals surface area contributed by atoms with Gasteiger partial charge in [-0.05, 0) is 44.0 Å². The highest BCUT2D eigenvalue weighted by Crippen LogP contribution is 2.37. The maximum Gasteiger partial charge on any atom is 0.279 e. The van der Waals surface area contributed by atoms with Crippen LogP contribution in [0.5, 0.6) is 11.5 Å². The van der Waals surface area contributed by atoms with Crippen LogP contribution in [0.2, 0.25) is 0 Å². The molecule has 1 fully saturated rings. The largest absolute Gasteiger partial charge is 0.454 e. The summed E-state index contributed by atoms with van der Waals surface area (Å²) in [5.41, 5.74) is 1.26. The lowest BCUT2D eigenvalue weighted by Crippen LogP contribution is -2.28. The summed E-state index contributed by atoms with van der Waals surface area (Å²) < 4.78 is 40.5. The van der Waals surface area contributed by atoms with Gasteiger partial charge in [-0.2, -0.15) is 9.30 Å². The summed E-state index contributed by atoms with van der Waals surface area (Å²) in [4.78, 5) is 17.8. The molecule has 31 heavy (non-hydrogen) atoms. The molecular formula is C21H21N3O5S2. The van der Waals surface area contributed by atoms with Crippen molar-refractivity contribution in [2.75, 3.05) is 13.8 Å². The molecule has 1 aliphatic carbocycles. The molecule has 0 spiro atoms. The van der Waals surface area contributed by atoms with Crippen molar-refractivity contribution in [1.29, 1.82) is 0 Å². The van der Waals surface area contributed by atoms with Gasteiger partial charge in [0.1, 0.15) is 0 Å². The SMILES string of the molecule is CCn1c(=NC(=O)c2ccc(S(=O)(=O)N(C)C3CC3)cc2)sc2cc3c(cc21)OCO3. The highest BCUT2D eigenvalue weighted by molar-refractivity contribution is 7.89. The van der Waals surface area contributed by atoms with E-state index in [1.54, 1.807) is 7.05 Å². The second-order valence-corrected chi connectivity index (χ2v) is 10.5. The van der Waals surface area contributed by atoms with Gasteiger partial charge in [-0.25, -0.2) is 8.42 Å². The summed E-state index contributed by atoms with van der Waals surface area (Å²) in [6.07, 6.45) is 1.78. The smallest absolute Gasteiger partial charge is 0.279 e. The van der Waals surface area contributed by atoms with Crippen molar-refractivity contribution >= 4 is 37.5 Å². The summed E-state index contributed by atoms with van der Waals surface area (Å²) in [5, 5.41) is 0. The van der Waals surface area contributed by atoms with Crippen LogP contribution in [0.15, 0.2) is 46.3 Å². The van der Waals surface area contributed by atoms with E-state index in [4.69, 9.17) is 9.47 Å². The number of carbonyl (C=O) groups is 1. The van der Waals surface area contributed by atoms with Crippen LogP contribution in [0.1, 0.15) is 30.1 Å². The lowest BCUT2D eigenvalue weighted by Gasteiger charge is -2.16. The topological polar surface area (TPSA) is 90.2 Å². The van der Waals surface area contributed by atoms with Gasteiger partial charge in [-0.15, -0.1) is 0 Å². The Kier molecular flexibility index (Phi) is 4.87. The zero-order valence-corrected chi connectivity index (χ0v) is 18.7. The Labute approximate surface area is 183 Å². The molecular weight excluding hydrogens is 438 g/mol. The molecule has 0 unspecified atom stereocenters. The number of thiazole rings is 1. The number of hydrogen-bond donors (Lipinski definition) is 0. The second kappa shape index (κ2) is 7.47. The average Bonchev–Trinajstić information content (AvgIpc) is 3.42. The molecule has 2 aromatic carbocycles. The fraction of sp³-hybridized carbons (Fsp3) is 0.333. The number of benzene rings is 2. The number of aromatic nitrogens is 1. The number of sulfonamides is 1. The molecule has 2 heterocycles. The van der Waals surface area contributed by atoms with Crippen LogP contribution in [0.25, 0.3) is 10.2 Å². The monoisotopic (exact) mass is 459 g/mol. The zero-order valence-electron chi connectivity index (χ0n) is 17.1. The normalized spacial score (nSPS) is 16.4. The first kappa shape index (κ1) is 20.2. The Morgan fingerprint density at radius 1 is 1.19 bits per heavy atom.